The monoisotopic (exact) mass is 319 g/mol. The average Bonchev–Trinajstić information content (AvgIpc) is 2.35. The Morgan fingerprint density at radius 1 is 1.16 bits per heavy atom. The zero-order chi connectivity index (χ0) is 14.2. The maximum atomic E-state index is 13.3. The summed E-state index contributed by atoms with van der Waals surface area (Å²) >= 11 is 17.6. The number of rotatable bonds is 2. The molecule has 0 radical (unpaired) electrons. The van der Waals surface area contributed by atoms with Gasteiger partial charge in [-0.15, -0.1) is 0 Å². The lowest BCUT2D eigenvalue weighted by Crippen LogP contribution is -2.00. The Bertz CT molecular complexity index is 676. The topological polar surface area (TPSA) is 50.2 Å². The first kappa shape index (κ1) is 14.1. The number of carboxylic acids is 1. The third-order valence-electron chi connectivity index (χ3n) is 2.35. The molecule has 0 fully saturated rings. The number of nitrogens with zero attached hydrogens (tertiary/aromatic N) is 1. The van der Waals surface area contributed by atoms with E-state index in [1.165, 1.54) is 18.2 Å². The van der Waals surface area contributed by atoms with Crippen LogP contribution in [0.2, 0.25) is 15.1 Å². The van der Waals surface area contributed by atoms with E-state index in [4.69, 9.17) is 39.9 Å². The molecular weight excluding hydrogens is 315 g/mol. The summed E-state index contributed by atoms with van der Waals surface area (Å²) in [5.74, 6) is -2.18. The molecule has 0 saturated heterocycles. The lowest BCUT2D eigenvalue weighted by atomic mass is 10.1. The lowest BCUT2D eigenvalue weighted by Gasteiger charge is -2.07. The number of hydrogen-bond acceptors (Lipinski definition) is 2. The molecule has 1 N–H and O–H groups in total. The van der Waals surface area contributed by atoms with Crippen LogP contribution < -0.4 is 0 Å². The van der Waals surface area contributed by atoms with E-state index in [0.29, 0.717) is 5.56 Å². The minimum atomic E-state index is -1.27. The Morgan fingerprint density at radius 2 is 1.84 bits per heavy atom. The Kier molecular flexibility index (Phi) is 3.94. The molecule has 2 aromatic rings. The molecule has 1 aromatic carbocycles. The third-order valence-corrected chi connectivity index (χ3v) is 3.65. The predicted molar refractivity (Wildman–Crippen MR) is 71.6 cm³/mol. The molecule has 0 aliphatic heterocycles. The van der Waals surface area contributed by atoms with Crippen molar-refractivity contribution in [3.05, 3.63) is 50.8 Å². The van der Waals surface area contributed by atoms with Crippen molar-refractivity contribution in [1.29, 1.82) is 0 Å². The summed E-state index contributed by atoms with van der Waals surface area (Å²) in [6, 6.07) is 4.98. The van der Waals surface area contributed by atoms with E-state index in [-0.39, 0.29) is 26.3 Å². The molecule has 0 bridgehead atoms. The summed E-state index contributed by atoms with van der Waals surface area (Å²) in [7, 11) is 0. The number of aromatic carboxylic acids is 1. The van der Waals surface area contributed by atoms with Gasteiger partial charge >= 0.3 is 5.97 Å². The molecule has 0 aliphatic carbocycles. The number of benzene rings is 1. The summed E-state index contributed by atoms with van der Waals surface area (Å²) in [4.78, 5) is 14.5. The predicted octanol–water partition coefficient (Wildman–Crippen LogP) is 4.55. The molecule has 0 spiro atoms. The largest absolute Gasteiger partial charge is 0.478 e. The highest BCUT2D eigenvalue weighted by atomic mass is 35.5. The first-order chi connectivity index (χ1) is 8.90. The number of hydrogen-bond donors (Lipinski definition) is 1. The molecule has 0 saturated carbocycles. The van der Waals surface area contributed by atoms with E-state index in [1.807, 2.05) is 0 Å². The first-order valence-electron chi connectivity index (χ1n) is 4.95. The Balaban J connectivity index is 2.65. The van der Waals surface area contributed by atoms with Crippen LogP contribution >= 0.6 is 34.8 Å². The molecule has 0 atom stereocenters. The minimum Gasteiger partial charge on any atom is -0.478 e. The number of carboxylic acid groups (broad SMARTS) is 1. The Hall–Kier alpha value is -1.36. The van der Waals surface area contributed by atoms with E-state index in [9.17, 15) is 9.18 Å². The molecule has 1 heterocycles. The average molecular weight is 321 g/mol. The van der Waals surface area contributed by atoms with Crippen LogP contribution in [0, 0.1) is 5.95 Å². The zero-order valence-electron chi connectivity index (χ0n) is 9.12. The van der Waals surface area contributed by atoms with Crippen molar-refractivity contribution < 1.29 is 14.3 Å². The van der Waals surface area contributed by atoms with Gasteiger partial charge < -0.3 is 5.11 Å². The minimum absolute atomic E-state index is 0.0703. The van der Waals surface area contributed by atoms with Crippen molar-refractivity contribution >= 4 is 40.8 Å². The van der Waals surface area contributed by atoms with E-state index in [1.54, 1.807) is 0 Å². The fourth-order valence-electron chi connectivity index (χ4n) is 1.48. The molecule has 7 heteroatoms. The van der Waals surface area contributed by atoms with Gasteiger partial charge in [-0.1, -0.05) is 34.8 Å². The standard InChI is InChI=1S/C12H5Cl3FNO2/c13-7-2-1-6(10(14)11(7)15)8-3-5(12(18)19)4-9(16)17-8/h1-4H,(H,18,19). The lowest BCUT2D eigenvalue weighted by molar-refractivity contribution is 0.0696. The third kappa shape index (κ3) is 2.81. The second-order valence-electron chi connectivity index (χ2n) is 3.59. The van der Waals surface area contributed by atoms with Crippen LogP contribution in [-0.4, -0.2) is 16.1 Å². The highest BCUT2D eigenvalue weighted by Crippen LogP contribution is 2.37. The molecule has 2 rings (SSSR count). The second kappa shape index (κ2) is 5.33. The van der Waals surface area contributed by atoms with E-state index >= 15 is 0 Å². The van der Waals surface area contributed by atoms with Crippen molar-refractivity contribution in [3.8, 4) is 11.3 Å². The smallest absolute Gasteiger partial charge is 0.335 e. The van der Waals surface area contributed by atoms with E-state index < -0.39 is 11.9 Å². The van der Waals surface area contributed by atoms with Gasteiger partial charge in [-0.25, -0.2) is 9.78 Å². The first-order valence-corrected chi connectivity index (χ1v) is 6.08. The SMILES string of the molecule is O=C(O)c1cc(F)nc(-c2ccc(Cl)c(Cl)c2Cl)c1. The van der Waals surface area contributed by atoms with Gasteiger partial charge in [0.05, 0.1) is 26.3 Å². The van der Waals surface area contributed by atoms with Crippen LogP contribution in [0.5, 0.6) is 0 Å². The maximum absolute atomic E-state index is 13.3. The highest BCUT2D eigenvalue weighted by molar-refractivity contribution is 6.49. The maximum Gasteiger partial charge on any atom is 0.335 e. The molecule has 0 amide bonds. The van der Waals surface area contributed by atoms with Gasteiger partial charge in [0.2, 0.25) is 5.95 Å². The van der Waals surface area contributed by atoms with Gasteiger partial charge in [-0.2, -0.15) is 4.39 Å². The van der Waals surface area contributed by atoms with Gasteiger partial charge in [-0.3, -0.25) is 0 Å². The molecule has 0 unspecified atom stereocenters. The summed E-state index contributed by atoms with van der Waals surface area (Å²) in [5.41, 5.74) is 0.142. The van der Waals surface area contributed by atoms with Crippen molar-refractivity contribution in [3.63, 3.8) is 0 Å². The van der Waals surface area contributed by atoms with Gasteiger partial charge in [0, 0.05) is 11.6 Å². The zero-order valence-corrected chi connectivity index (χ0v) is 11.4. The van der Waals surface area contributed by atoms with Crippen LogP contribution in [0.1, 0.15) is 10.4 Å². The number of aromatic nitrogens is 1. The van der Waals surface area contributed by atoms with Gasteiger partial charge in [0.1, 0.15) is 0 Å². The molecule has 1 aromatic heterocycles. The molecule has 98 valence electrons. The Morgan fingerprint density at radius 3 is 2.47 bits per heavy atom. The second-order valence-corrected chi connectivity index (χ2v) is 4.75. The quantitative estimate of drug-likeness (QED) is 0.652. The van der Waals surface area contributed by atoms with Crippen LogP contribution in [-0.2, 0) is 0 Å². The van der Waals surface area contributed by atoms with Crippen molar-refractivity contribution in [2.45, 2.75) is 0 Å². The molecule has 3 nitrogen and oxygen atoms in total. The Labute approximate surface area is 122 Å². The number of pyridine rings is 1. The number of halogens is 4. The highest BCUT2D eigenvalue weighted by Gasteiger charge is 2.15. The summed E-state index contributed by atoms with van der Waals surface area (Å²) in [6.45, 7) is 0. The number of carbonyl (C=O) groups is 1. The van der Waals surface area contributed by atoms with Crippen LogP contribution in [0.15, 0.2) is 24.3 Å². The van der Waals surface area contributed by atoms with E-state index in [2.05, 4.69) is 4.98 Å². The van der Waals surface area contributed by atoms with Crippen LogP contribution in [0.25, 0.3) is 11.3 Å². The van der Waals surface area contributed by atoms with Gasteiger partial charge in [-0.05, 0) is 18.2 Å². The van der Waals surface area contributed by atoms with Gasteiger partial charge in [0.25, 0.3) is 0 Å². The molecule has 0 aliphatic rings. The summed E-state index contributed by atoms with van der Waals surface area (Å²) in [6.07, 6.45) is 0. The van der Waals surface area contributed by atoms with Crippen molar-refractivity contribution in [2.24, 2.45) is 0 Å². The summed E-state index contributed by atoms with van der Waals surface area (Å²) in [5, 5.41) is 9.30. The van der Waals surface area contributed by atoms with Crippen LogP contribution in [0.4, 0.5) is 4.39 Å². The normalized spacial score (nSPS) is 10.5. The molecule has 19 heavy (non-hydrogen) atoms. The molecular formula is C12H5Cl3FNO2. The fraction of sp³-hybridized carbons (Fsp3) is 0. The van der Waals surface area contributed by atoms with E-state index in [0.717, 1.165) is 6.07 Å². The summed E-state index contributed by atoms with van der Waals surface area (Å²) < 4.78 is 13.3. The van der Waals surface area contributed by atoms with Gasteiger partial charge in [0.15, 0.2) is 0 Å². The van der Waals surface area contributed by atoms with Crippen LogP contribution in [0.3, 0.4) is 0 Å². The van der Waals surface area contributed by atoms with Crippen molar-refractivity contribution in [2.75, 3.05) is 0 Å². The fourth-order valence-corrected chi connectivity index (χ4v) is 2.11. The van der Waals surface area contributed by atoms with Crippen molar-refractivity contribution in [1.82, 2.24) is 4.98 Å².